The molecule has 1 heterocycles. The van der Waals surface area contributed by atoms with Crippen LogP contribution in [0.25, 0.3) is 10.8 Å². The normalized spacial score (nSPS) is 19.1. The first kappa shape index (κ1) is 19.4. The maximum Gasteiger partial charge on any atom is 0.222 e. The van der Waals surface area contributed by atoms with E-state index in [9.17, 15) is 4.79 Å². The van der Waals surface area contributed by atoms with E-state index in [1.165, 1.54) is 21.9 Å². The van der Waals surface area contributed by atoms with Crippen molar-refractivity contribution < 1.29 is 4.79 Å². The highest BCUT2D eigenvalue weighted by molar-refractivity contribution is 5.85. The minimum absolute atomic E-state index is 0. The van der Waals surface area contributed by atoms with E-state index >= 15 is 0 Å². The van der Waals surface area contributed by atoms with Crippen LogP contribution < -0.4 is 5.73 Å². The van der Waals surface area contributed by atoms with Crippen LogP contribution in [0.5, 0.6) is 0 Å². The average Bonchev–Trinajstić information content (AvgIpc) is 3.08. The van der Waals surface area contributed by atoms with Crippen LogP contribution >= 0.6 is 12.4 Å². The highest BCUT2D eigenvalue weighted by Crippen LogP contribution is 2.27. The van der Waals surface area contributed by atoms with Crippen molar-refractivity contribution >= 4 is 29.1 Å². The molecule has 0 aromatic heterocycles. The Bertz CT molecular complexity index is 912. The summed E-state index contributed by atoms with van der Waals surface area (Å²) >= 11 is 0. The molecule has 27 heavy (non-hydrogen) atoms. The van der Waals surface area contributed by atoms with Gasteiger partial charge in [0.05, 0.1) is 0 Å². The van der Waals surface area contributed by atoms with Gasteiger partial charge in [0.25, 0.3) is 0 Å². The molecule has 3 aromatic carbocycles. The van der Waals surface area contributed by atoms with Crippen LogP contribution in [0.2, 0.25) is 0 Å². The van der Waals surface area contributed by atoms with Gasteiger partial charge in [0.1, 0.15) is 0 Å². The van der Waals surface area contributed by atoms with Crippen molar-refractivity contribution in [3.8, 4) is 0 Å². The molecule has 0 spiro atoms. The van der Waals surface area contributed by atoms with Crippen molar-refractivity contribution in [3.63, 3.8) is 0 Å². The van der Waals surface area contributed by atoms with Gasteiger partial charge >= 0.3 is 0 Å². The van der Waals surface area contributed by atoms with Gasteiger partial charge in [-0.15, -0.1) is 12.4 Å². The number of fused-ring (bicyclic) bond motifs is 1. The quantitative estimate of drug-likeness (QED) is 0.739. The monoisotopic (exact) mass is 380 g/mol. The molecular formula is C23H25ClN2O. The fraction of sp³-hybridized carbons (Fsp3) is 0.261. The lowest BCUT2D eigenvalue weighted by Crippen LogP contribution is -2.32. The van der Waals surface area contributed by atoms with Crippen molar-refractivity contribution in [2.45, 2.75) is 24.8 Å². The van der Waals surface area contributed by atoms with Gasteiger partial charge in [-0.3, -0.25) is 4.79 Å². The molecule has 3 nitrogen and oxygen atoms in total. The first-order chi connectivity index (χ1) is 12.7. The molecule has 0 radical (unpaired) electrons. The number of amides is 1. The molecule has 0 bridgehead atoms. The van der Waals surface area contributed by atoms with Gasteiger partial charge in [0.15, 0.2) is 0 Å². The van der Waals surface area contributed by atoms with Crippen LogP contribution in [0.4, 0.5) is 0 Å². The number of rotatable bonds is 4. The third-order valence-electron chi connectivity index (χ3n) is 5.39. The molecule has 1 aliphatic rings. The molecule has 1 amide bonds. The lowest BCUT2D eigenvalue weighted by atomic mass is 9.95. The zero-order valence-corrected chi connectivity index (χ0v) is 16.1. The standard InChI is InChI=1S/C23H24N2O.ClH/c24-22-16-25(15-21(22)19-7-2-1-3-8-19)23(26)13-11-17-10-12-18-6-4-5-9-20(18)14-17;/h1-10,12,14,21-22H,11,13,15-16,24H2;1H/t21-,22+;/m0./s1. The van der Waals surface area contributed by atoms with Gasteiger partial charge in [-0.2, -0.15) is 0 Å². The zero-order chi connectivity index (χ0) is 17.9. The fourth-order valence-corrected chi connectivity index (χ4v) is 3.89. The Morgan fingerprint density at radius 2 is 1.63 bits per heavy atom. The van der Waals surface area contributed by atoms with E-state index in [1.54, 1.807) is 0 Å². The Labute approximate surface area is 166 Å². The first-order valence-corrected chi connectivity index (χ1v) is 9.27. The van der Waals surface area contributed by atoms with Crippen molar-refractivity contribution in [3.05, 3.63) is 83.9 Å². The van der Waals surface area contributed by atoms with Crippen molar-refractivity contribution in [1.29, 1.82) is 0 Å². The largest absolute Gasteiger partial charge is 0.340 e. The molecule has 1 saturated heterocycles. The highest BCUT2D eigenvalue weighted by atomic mass is 35.5. The maximum atomic E-state index is 12.7. The van der Waals surface area contributed by atoms with Crippen molar-refractivity contribution in [2.75, 3.05) is 13.1 Å². The summed E-state index contributed by atoms with van der Waals surface area (Å²) in [6.45, 7) is 1.37. The number of carbonyl (C=O) groups is 1. The van der Waals surface area contributed by atoms with E-state index in [1.807, 2.05) is 35.2 Å². The molecule has 0 saturated carbocycles. The summed E-state index contributed by atoms with van der Waals surface area (Å²) in [7, 11) is 0. The predicted molar refractivity (Wildman–Crippen MR) is 113 cm³/mol. The summed E-state index contributed by atoms with van der Waals surface area (Å²) in [4.78, 5) is 14.6. The number of benzene rings is 3. The lowest BCUT2D eigenvalue weighted by molar-refractivity contribution is -0.130. The van der Waals surface area contributed by atoms with Gasteiger partial charge < -0.3 is 10.6 Å². The smallest absolute Gasteiger partial charge is 0.222 e. The predicted octanol–water partition coefficient (Wildman–Crippen LogP) is 4.15. The number of likely N-dealkylation sites (tertiary alicyclic amines) is 1. The summed E-state index contributed by atoms with van der Waals surface area (Å²) in [5, 5.41) is 2.46. The molecular weight excluding hydrogens is 356 g/mol. The van der Waals surface area contributed by atoms with Gasteiger partial charge in [0, 0.05) is 31.5 Å². The van der Waals surface area contributed by atoms with E-state index in [-0.39, 0.29) is 30.3 Å². The molecule has 4 heteroatoms. The van der Waals surface area contributed by atoms with Crippen LogP contribution in [0, 0.1) is 0 Å². The fourth-order valence-electron chi connectivity index (χ4n) is 3.89. The molecule has 4 rings (SSSR count). The molecule has 1 fully saturated rings. The molecule has 2 N–H and O–H groups in total. The van der Waals surface area contributed by atoms with Crippen molar-refractivity contribution in [2.24, 2.45) is 5.73 Å². The topological polar surface area (TPSA) is 46.3 Å². The summed E-state index contributed by atoms with van der Waals surface area (Å²) in [5.41, 5.74) is 8.75. The minimum Gasteiger partial charge on any atom is -0.340 e. The summed E-state index contributed by atoms with van der Waals surface area (Å²) in [6.07, 6.45) is 1.30. The number of nitrogens with two attached hydrogens (primary N) is 1. The molecule has 2 atom stereocenters. The number of carbonyl (C=O) groups excluding carboxylic acids is 1. The Kier molecular flexibility index (Phi) is 6.15. The highest BCUT2D eigenvalue weighted by Gasteiger charge is 2.33. The summed E-state index contributed by atoms with van der Waals surface area (Å²) in [6, 6.07) is 25.1. The molecule has 3 aromatic rings. The third-order valence-corrected chi connectivity index (χ3v) is 5.39. The van der Waals surface area contributed by atoms with Gasteiger partial charge in [-0.05, 0) is 28.3 Å². The first-order valence-electron chi connectivity index (χ1n) is 9.27. The van der Waals surface area contributed by atoms with Gasteiger partial charge in [-0.25, -0.2) is 0 Å². The average molecular weight is 381 g/mol. The Hall–Kier alpha value is -2.36. The van der Waals surface area contributed by atoms with Crippen LogP contribution in [0.1, 0.15) is 23.5 Å². The van der Waals surface area contributed by atoms with Crippen LogP contribution in [-0.2, 0) is 11.2 Å². The number of nitrogens with zero attached hydrogens (tertiary/aromatic N) is 1. The minimum atomic E-state index is 0. The lowest BCUT2D eigenvalue weighted by Gasteiger charge is -2.16. The molecule has 140 valence electrons. The summed E-state index contributed by atoms with van der Waals surface area (Å²) in [5.74, 6) is 0.438. The van der Waals surface area contributed by atoms with Gasteiger partial charge in [-0.1, -0.05) is 72.8 Å². The van der Waals surface area contributed by atoms with E-state index in [0.29, 0.717) is 13.0 Å². The number of aryl methyl sites for hydroxylation is 1. The number of hydrogen-bond donors (Lipinski definition) is 1. The second kappa shape index (κ2) is 8.55. The zero-order valence-electron chi connectivity index (χ0n) is 15.3. The third kappa shape index (κ3) is 4.32. The van der Waals surface area contributed by atoms with E-state index in [2.05, 4.69) is 42.5 Å². The van der Waals surface area contributed by atoms with E-state index in [0.717, 1.165) is 13.0 Å². The molecule has 0 unspecified atom stereocenters. The van der Waals surface area contributed by atoms with Crippen LogP contribution in [0.3, 0.4) is 0 Å². The Morgan fingerprint density at radius 3 is 2.41 bits per heavy atom. The summed E-state index contributed by atoms with van der Waals surface area (Å²) < 4.78 is 0. The number of hydrogen-bond acceptors (Lipinski definition) is 2. The van der Waals surface area contributed by atoms with E-state index in [4.69, 9.17) is 5.73 Å². The number of halogens is 1. The Morgan fingerprint density at radius 1 is 0.926 bits per heavy atom. The van der Waals surface area contributed by atoms with Gasteiger partial charge in [0.2, 0.25) is 5.91 Å². The Balaban J connectivity index is 0.00000210. The second-order valence-electron chi connectivity index (χ2n) is 7.16. The van der Waals surface area contributed by atoms with Crippen LogP contribution in [0.15, 0.2) is 72.8 Å². The maximum absolute atomic E-state index is 12.7. The van der Waals surface area contributed by atoms with E-state index < -0.39 is 0 Å². The SMILES string of the molecule is Cl.N[C@@H]1CN(C(=O)CCc2ccc3ccccc3c2)C[C@H]1c1ccccc1. The molecule has 1 aliphatic heterocycles. The molecule has 0 aliphatic carbocycles. The second-order valence-corrected chi connectivity index (χ2v) is 7.16. The van der Waals surface area contributed by atoms with Crippen molar-refractivity contribution in [1.82, 2.24) is 4.90 Å². The van der Waals surface area contributed by atoms with Crippen LogP contribution in [-0.4, -0.2) is 29.9 Å².